The van der Waals surface area contributed by atoms with Gasteiger partial charge in [0.15, 0.2) is 11.5 Å². The third-order valence-corrected chi connectivity index (χ3v) is 5.74. The number of ether oxygens (including phenoxy) is 2. The molecule has 2 aliphatic heterocycles. The monoisotopic (exact) mass is 411 g/mol. The number of halogens is 3. The Morgan fingerprint density at radius 2 is 1.92 bits per heavy atom. The number of hydrogen-bond acceptors (Lipinski definition) is 3. The lowest BCUT2D eigenvalue weighted by Gasteiger charge is -2.24. The highest BCUT2D eigenvalue weighted by molar-refractivity contribution is 6.41. The zero-order valence-electron chi connectivity index (χ0n) is 14.5. The molecule has 2 aromatic rings. The maximum atomic E-state index is 6.46. The van der Waals surface area contributed by atoms with E-state index in [0.717, 1.165) is 54.1 Å². The van der Waals surface area contributed by atoms with Crippen LogP contribution >= 0.6 is 34.8 Å². The summed E-state index contributed by atoms with van der Waals surface area (Å²) in [5, 5.41) is 5.04. The zero-order valence-corrected chi connectivity index (χ0v) is 16.7. The molecule has 26 heavy (non-hydrogen) atoms. The summed E-state index contributed by atoms with van der Waals surface area (Å²) < 4.78 is 12.3. The van der Waals surface area contributed by atoms with Crippen LogP contribution in [-0.4, -0.2) is 25.8 Å². The summed E-state index contributed by atoms with van der Waals surface area (Å²) in [6, 6.07) is 7.53. The Labute approximate surface area is 168 Å². The quantitative estimate of drug-likeness (QED) is 0.674. The molecule has 1 N–H and O–H groups in total. The molecule has 0 radical (unpaired) electrons. The fourth-order valence-corrected chi connectivity index (χ4v) is 4.78. The Kier molecular flexibility index (Phi) is 5.24. The van der Waals surface area contributed by atoms with Gasteiger partial charge in [-0.25, -0.2) is 0 Å². The molecule has 0 spiro atoms. The first-order valence-corrected chi connectivity index (χ1v) is 10.0. The van der Waals surface area contributed by atoms with Gasteiger partial charge in [0.2, 0.25) is 0 Å². The van der Waals surface area contributed by atoms with Gasteiger partial charge in [-0.2, -0.15) is 0 Å². The Morgan fingerprint density at radius 1 is 1.15 bits per heavy atom. The van der Waals surface area contributed by atoms with E-state index in [-0.39, 0.29) is 6.10 Å². The van der Waals surface area contributed by atoms with Crippen LogP contribution in [0.4, 0.5) is 0 Å². The standard InChI is InChI=1S/C20H20Cl3NO2/c1-2-5-25-18-7-11(19-15(22)8-12(21)9-16(19)23)6-13-14-10-24-4-3-17(14)26-20(13)18/h6-9,14,17,24H,2-5,10H2,1H3. The largest absolute Gasteiger partial charge is 0.490 e. The number of hydrogen-bond donors (Lipinski definition) is 1. The summed E-state index contributed by atoms with van der Waals surface area (Å²) in [4.78, 5) is 0. The summed E-state index contributed by atoms with van der Waals surface area (Å²) in [6.07, 6.45) is 2.11. The maximum absolute atomic E-state index is 6.46. The smallest absolute Gasteiger partial charge is 0.165 e. The molecule has 0 bridgehead atoms. The first-order valence-electron chi connectivity index (χ1n) is 8.91. The minimum absolute atomic E-state index is 0.196. The summed E-state index contributed by atoms with van der Waals surface area (Å²) in [5.74, 6) is 1.94. The van der Waals surface area contributed by atoms with Crippen LogP contribution in [0.25, 0.3) is 11.1 Å². The Bertz CT molecular complexity index is 817. The summed E-state index contributed by atoms with van der Waals surface area (Å²) in [6.45, 7) is 4.59. The predicted octanol–water partition coefficient (Wildman–Crippen LogP) is 5.94. The van der Waals surface area contributed by atoms with E-state index in [0.29, 0.717) is 27.6 Å². The van der Waals surface area contributed by atoms with Crippen molar-refractivity contribution in [1.82, 2.24) is 5.32 Å². The van der Waals surface area contributed by atoms with Crippen LogP contribution in [0.3, 0.4) is 0 Å². The van der Waals surface area contributed by atoms with Gasteiger partial charge in [0.1, 0.15) is 6.10 Å². The molecule has 1 saturated heterocycles. The van der Waals surface area contributed by atoms with E-state index in [1.807, 2.05) is 6.07 Å². The third kappa shape index (κ3) is 3.27. The topological polar surface area (TPSA) is 30.5 Å². The molecule has 1 fully saturated rings. The van der Waals surface area contributed by atoms with E-state index < -0.39 is 0 Å². The van der Waals surface area contributed by atoms with Crippen LogP contribution in [-0.2, 0) is 0 Å². The van der Waals surface area contributed by atoms with Crippen molar-refractivity contribution in [2.75, 3.05) is 19.7 Å². The molecule has 0 saturated carbocycles. The van der Waals surface area contributed by atoms with Gasteiger partial charge in [-0.3, -0.25) is 0 Å². The molecule has 2 atom stereocenters. The van der Waals surface area contributed by atoms with Gasteiger partial charge in [0, 0.05) is 28.6 Å². The number of nitrogens with one attached hydrogen (secondary N) is 1. The van der Waals surface area contributed by atoms with Crippen LogP contribution in [0.15, 0.2) is 24.3 Å². The van der Waals surface area contributed by atoms with E-state index >= 15 is 0 Å². The minimum Gasteiger partial charge on any atom is -0.490 e. The molecular formula is C20H20Cl3NO2. The van der Waals surface area contributed by atoms with Gasteiger partial charge in [-0.05, 0) is 49.2 Å². The van der Waals surface area contributed by atoms with Crippen molar-refractivity contribution in [2.45, 2.75) is 31.8 Å². The average molecular weight is 413 g/mol. The van der Waals surface area contributed by atoms with Crippen LogP contribution in [0.1, 0.15) is 31.2 Å². The van der Waals surface area contributed by atoms with Crippen molar-refractivity contribution in [1.29, 1.82) is 0 Å². The molecule has 3 nitrogen and oxygen atoms in total. The van der Waals surface area contributed by atoms with Gasteiger partial charge < -0.3 is 14.8 Å². The minimum atomic E-state index is 0.196. The lowest BCUT2D eigenvalue weighted by atomic mass is 9.89. The van der Waals surface area contributed by atoms with Gasteiger partial charge in [0.25, 0.3) is 0 Å². The van der Waals surface area contributed by atoms with Crippen molar-refractivity contribution in [3.63, 3.8) is 0 Å². The molecule has 2 heterocycles. The molecule has 0 amide bonds. The highest BCUT2D eigenvalue weighted by Crippen LogP contribution is 2.50. The van der Waals surface area contributed by atoms with E-state index in [1.54, 1.807) is 12.1 Å². The molecule has 0 aliphatic carbocycles. The SMILES string of the molecule is CCCOc1cc(-c2c(Cl)cc(Cl)cc2Cl)cc2c1OC1CCNCC21. The Hall–Kier alpha value is -1.13. The first kappa shape index (κ1) is 18.2. The van der Waals surface area contributed by atoms with Gasteiger partial charge >= 0.3 is 0 Å². The molecule has 6 heteroatoms. The van der Waals surface area contributed by atoms with Crippen molar-refractivity contribution >= 4 is 34.8 Å². The van der Waals surface area contributed by atoms with Crippen molar-refractivity contribution in [2.24, 2.45) is 0 Å². The second-order valence-electron chi connectivity index (χ2n) is 6.74. The van der Waals surface area contributed by atoms with Crippen LogP contribution in [0.5, 0.6) is 11.5 Å². The molecular weight excluding hydrogens is 393 g/mol. The molecule has 0 aromatic heterocycles. The Morgan fingerprint density at radius 3 is 2.65 bits per heavy atom. The highest BCUT2D eigenvalue weighted by Gasteiger charge is 2.38. The lowest BCUT2D eigenvalue weighted by molar-refractivity contribution is 0.165. The number of fused-ring (bicyclic) bond motifs is 3. The van der Waals surface area contributed by atoms with Crippen molar-refractivity contribution in [3.05, 3.63) is 44.9 Å². The molecule has 4 rings (SSSR count). The lowest BCUT2D eigenvalue weighted by Crippen LogP contribution is -2.37. The number of piperidine rings is 1. The molecule has 2 aliphatic rings. The normalized spacial score (nSPS) is 21.1. The summed E-state index contributed by atoms with van der Waals surface area (Å²) >= 11 is 19.0. The third-order valence-electron chi connectivity index (χ3n) is 4.93. The summed E-state index contributed by atoms with van der Waals surface area (Å²) in [7, 11) is 0. The van der Waals surface area contributed by atoms with E-state index in [1.165, 1.54) is 0 Å². The van der Waals surface area contributed by atoms with Crippen LogP contribution in [0, 0.1) is 0 Å². The Balaban J connectivity index is 1.85. The fraction of sp³-hybridized carbons (Fsp3) is 0.400. The predicted molar refractivity (Wildman–Crippen MR) is 107 cm³/mol. The molecule has 138 valence electrons. The van der Waals surface area contributed by atoms with Crippen molar-refractivity contribution in [3.8, 4) is 22.6 Å². The van der Waals surface area contributed by atoms with Crippen molar-refractivity contribution < 1.29 is 9.47 Å². The van der Waals surface area contributed by atoms with Gasteiger partial charge in [-0.1, -0.05) is 41.7 Å². The maximum Gasteiger partial charge on any atom is 0.165 e. The fourth-order valence-electron chi connectivity index (χ4n) is 3.74. The molecule has 2 unspecified atom stereocenters. The van der Waals surface area contributed by atoms with Gasteiger partial charge in [0.05, 0.1) is 16.7 Å². The summed E-state index contributed by atoms with van der Waals surface area (Å²) in [5.41, 5.74) is 2.86. The average Bonchev–Trinajstić information content (AvgIpc) is 2.98. The van der Waals surface area contributed by atoms with Crippen LogP contribution in [0.2, 0.25) is 15.1 Å². The van der Waals surface area contributed by atoms with E-state index in [4.69, 9.17) is 44.3 Å². The number of benzene rings is 2. The first-order chi connectivity index (χ1) is 12.6. The van der Waals surface area contributed by atoms with E-state index in [2.05, 4.69) is 18.3 Å². The second kappa shape index (κ2) is 7.47. The second-order valence-corrected chi connectivity index (χ2v) is 7.99. The zero-order chi connectivity index (χ0) is 18.3. The van der Waals surface area contributed by atoms with E-state index in [9.17, 15) is 0 Å². The highest BCUT2D eigenvalue weighted by atomic mass is 35.5. The van der Waals surface area contributed by atoms with Crippen LogP contribution < -0.4 is 14.8 Å². The van der Waals surface area contributed by atoms with Gasteiger partial charge in [-0.15, -0.1) is 0 Å². The molecule has 2 aromatic carbocycles. The number of rotatable bonds is 4.